The summed E-state index contributed by atoms with van der Waals surface area (Å²) in [5.74, 6) is -0.487. The van der Waals surface area contributed by atoms with E-state index in [0.717, 1.165) is 38.5 Å². The van der Waals surface area contributed by atoms with Gasteiger partial charge in [0.15, 0.2) is 0 Å². The number of ether oxygens (including phenoxy) is 1. The molecule has 32 heavy (non-hydrogen) atoms. The van der Waals surface area contributed by atoms with E-state index < -0.39 is 17.4 Å². The van der Waals surface area contributed by atoms with Crippen molar-refractivity contribution in [2.75, 3.05) is 13.7 Å². The van der Waals surface area contributed by atoms with E-state index >= 15 is 0 Å². The SMILES string of the molecule is COc1ccc([C@]2(CC(=O)N[C@H]3CCCCNC3=O)CC(=O)N(C3CCCC3)C2=O)cc1. The van der Waals surface area contributed by atoms with Gasteiger partial charge in [0.05, 0.1) is 12.5 Å². The number of nitrogens with zero attached hydrogens (tertiary/aromatic N) is 1. The van der Waals surface area contributed by atoms with Gasteiger partial charge in [0.25, 0.3) is 0 Å². The Bertz CT molecular complexity index is 893. The first kappa shape index (κ1) is 22.3. The van der Waals surface area contributed by atoms with Crippen molar-refractivity contribution in [3.8, 4) is 5.75 Å². The van der Waals surface area contributed by atoms with Gasteiger partial charge in [0, 0.05) is 25.4 Å². The second-order valence-electron chi connectivity index (χ2n) is 9.08. The maximum atomic E-state index is 13.7. The van der Waals surface area contributed by atoms with Crippen LogP contribution >= 0.6 is 0 Å². The van der Waals surface area contributed by atoms with E-state index in [1.54, 1.807) is 31.4 Å². The van der Waals surface area contributed by atoms with Crippen molar-refractivity contribution in [3.05, 3.63) is 29.8 Å². The number of imide groups is 1. The van der Waals surface area contributed by atoms with Crippen LogP contribution in [0.25, 0.3) is 0 Å². The standard InChI is InChI=1S/C24H31N3O5/c1-32-18-11-9-16(10-12-18)24(14-20(28)26-19-8-4-5-13-25-22(19)30)15-21(29)27(23(24)31)17-6-2-3-7-17/h9-12,17,19H,2-8,13-15H2,1H3,(H,25,30)(H,26,28)/t19-,24-/m0/s1. The molecule has 8 heteroatoms. The normalized spacial score (nSPS) is 26.7. The lowest BCUT2D eigenvalue weighted by molar-refractivity contribution is -0.143. The lowest BCUT2D eigenvalue weighted by Crippen LogP contribution is -2.49. The first-order chi connectivity index (χ1) is 15.4. The second-order valence-corrected chi connectivity index (χ2v) is 9.08. The predicted octanol–water partition coefficient (Wildman–Crippen LogP) is 1.81. The zero-order chi connectivity index (χ0) is 22.7. The molecule has 3 fully saturated rings. The number of benzene rings is 1. The highest BCUT2D eigenvalue weighted by Crippen LogP contribution is 2.43. The van der Waals surface area contributed by atoms with E-state index in [4.69, 9.17) is 4.74 Å². The first-order valence-corrected chi connectivity index (χ1v) is 11.5. The molecule has 3 aliphatic rings. The third-order valence-corrected chi connectivity index (χ3v) is 7.02. The summed E-state index contributed by atoms with van der Waals surface area (Å²) in [7, 11) is 1.56. The van der Waals surface area contributed by atoms with Crippen LogP contribution in [0.2, 0.25) is 0 Å². The van der Waals surface area contributed by atoms with Crippen molar-refractivity contribution in [1.82, 2.24) is 15.5 Å². The number of carbonyl (C=O) groups excluding carboxylic acids is 4. The molecule has 2 heterocycles. The van der Waals surface area contributed by atoms with E-state index in [1.807, 2.05) is 0 Å². The average Bonchev–Trinajstić information content (AvgIpc) is 3.33. The summed E-state index contributed by atoms with van der Waals surface area (Å²) in [4.78, 5) is 53.6. The van der Waals surface area contributed by atoms with Crippen LogP contribution in [0.5, 0.6) is 5.75 Å². The molecule has 0 radical (unpaired) electrons. The molecule has 1 aliphatic carbocycles. The van der Waals surface area contributed by atoms with Crippen LogP contribution in [0.4, 0.5) is 0 Å². The highest BCUT2D eigenvalue weighted by atomic mass is 16.5. The molecule has 1 aromatic rings. The van der Waals surface area contributed by atoms with Crippen molar-refractivity contribution in [2.24, 2.45) is 0 Å². The van der Waals surface area contributed by atoms with Crippen molar-refractivity contribution in [2.45, 2.75) is 75.3 Å². The van der Waals surface area contributed by atoms with E-state index in [9.17, 15) is 19.2 Å². The number of likely N-dealkylation sites (tertiary alicyclic amines) is 1. The molecule has 4 amide bonds. The minimum Gasteiger partial charge on any atom is -0.497 e. The van der Waals surface area contributed by atoms with Gasteiger partial charge in [-0.2, -0.15) is 0 Å². The Hall–Kier alpha value is -2.90. The molecule has 0 aromatic heterocycles. The van der Waals surface area contributed by atoms with Crippen LogP contribution in [0.1, 0.15) is 63.4 Å². The lowest BCUT2D eigenvalue weighted by atomic mass is 9.75. The summed E-state index contributed by atoms with van der Waals surface area (Å²) in [6.45, 7) is 0.602. The molecular formula is C24H31N3O5. The predicted molar refractivity (Wildman–Crippen MR) is 117 cm³/mol. The average molecular weight is 442 g/mol. The lowest BCUT2D eigenvalue weighted by Gasteiger charge is -2.29. The Morgan fingerprint density at radius 2 is 1.78 bits per heavy atom. The fourth-order valence-electron chi connectivity index (χ4n) is 5.27. The first-order valence-electron chi connectivity index (χ1n) is 11.5. The van der Waals surface area contributed by atoms with Crippen molar-refractivity contribution >= 4 is 23.6 Å². The Kier molecular flexibility index (Phi) is 6.48. The van der Waals surface area contributed by atoms with E-state index in [0.29, 0.717) is 24.3 Å². The van der Waals surface area contributed by atoms with Crippen LogP contribution in [0, 0.1) is 0 Å². The summed E-state index contributed by atoms with van der Waals surface area (Å²) < 4.78 is 5.23. The summed E-state index contributed by atoms with van der Waals surface area (Å²) in [6, 6.07) is 6.29. The Balaban J connectivity index is 1.62. The summed E-state index contributed by atoms with van der Waals surface area (Å²) >= 11 is 0. The van der Waals surface area contributed by atoms with Crippen molar-refractivity contribution in [1.29, 1.82) is 0 Å². The molecule has 8 nitrogen and oxygen atoms in total. The van der Waals surface area contributed by atoms with Gasteiger partial charge >= 0.3 is 0 Å². The highest BCUT2D eigenvalue weighted by Gasteiger charge is 2.55. The summed E-state index contributed by atoms with van der Waals surface area (Å²) in [6.07, 6.45) is 5.67. The molecule has 2 saturated heterocycles. The molecular weight excluding hydrogens is 410 g/mol. The van der Waals surface area contributed by atoms with Crippen LogP contribution in [0.15, 0.2) is 24.3 Å². The van der Waals surface area contributed by atoms with Crippen LogP contribution in [-0.4, -0.2) is 54.3 Å². The Morgan fingerprint density at radius 3 is 2.47 bits per heavy atom. The minimum absolute atomic E-state index is 0.0427. The van der Waals surface area contributed by atoms with Gasteiger partial charge in [0.2, 0.25) is 23.6 Å². The van der Waals surface area contributed by atoms with Gasteiger partial charge in [-0.1, -0.05) is 25.0 Å². The van der Waals surface area contributed by atoms with E-state index in [-0.39, 0.29) is 36.6 Å². The molecule has 1 saturated carbocycles. The largest absolute Gasteiger partial charge is 0.497 e. The van der Waals surface area contributed by atoms with E-state index in [1.165, 1.54) is 4.90 Å². The van der Waals surface area contributed by atoms with Crippen LogP contribution in [-0.2, 0) is 24.6 Å². The molecule has 0 unspecified atom stereocenters. The maximum Gasteiger partial charge on any atom is 0.242 e. The molecule has 172 valence electrons. The van der Waals surface area contributed by atoms with Gasteiger partial charge in [-0.15, -0.1) is 0 Å². The third-order valence-electron chi connectivity index (χ3n) is 7.02. The maximum absolute atomic E-state index is 13.7. The van der Waals surface area contributed by atoms with Gasteiger partial charge < -0.3 is 15.4 Å². The summed E-state index contributed by atoms with van der Waals surface area (Å²) in [5.41, 5.74) is -0.644. The number of rotatable bonds is 6. The number of hydrogen-bond acceptors (Lipinski definition) is 5. The smallest absolute Gasteiger partial charge is 0.242 e. The fourth-order valence-corrected chi connectivity index (χ4v) is 5.27. The Labute approximate surface area is 188 Å². The highest BCUT2D eigenvalue weighted by molar-refractivity contribution is 6.11. The number of hydrogen-bond donors (Lipinski definition) is 2. The minimum atomic E-state index is -1.27. The number of methoxy groups -OCH3 is 1. The Morgan fingerprint density at radius 1 is 1.09 bits per heavy atom. The van der Waals surface area contributed by atoms with Gasteiger partial charge in [-0.05, 0) is 49.8 Å². The van der Waals surface area contributed by atoms with Gasteiger partial charge in [-0.25, -0.2) is 0 Å². The zero-order valence-corrected chi connectivity index (χ0v) is 18.5. The number of amides is 4. The second kappa shape index (κ2) is 9.30. The van der Waals surface area contributed by atoms with Crippen molar-refractivity contribution < 1.29 is 23.9 Å². The molecule has 2 atom stereocenters. The fraction of sp³-hybridized carbons (Fsp3) is 0.583. The monoisotopic (exact) mass is 441 g/mol. The van der Waals surface area contributed by atoms with Gasteiger partial charge in [0.1, 0.15) is 11.8 Å². The quantitative estimate of drug-likeness (QED) is 0.655. The zero-order valence-electron chi connectivity index (χ0n) is 18.5. The molecule has 1 aromatic carbocycles. The van der Waals surface area contributed by atoms with E-state index in [2.05, 4.69) is 10.6 Å². The molecule has 2 N–H and O–H groups in total. The third kappa shape index (κ3) is 4.23. The topological polar surface area (TPSA) is 105 Å². The van der Waals surface area contributed by atoms with Crippen LogP contribution in [0.3, 0.4) is 0 Å². The number of carbonyl (C=O) groups is 4. The molecule has 0 spiro atoms. The molecule has 0 bridgehead atoms. The number of nitrogens with one attached hydrogen (secondary N) is 2. The van der Waals surface area contributed by atoms with Crippen molar-refractivity contribution in [3.63, 3.8) is 0 Å². The molecule has 4 rings (SSSR count). The van der Waals surface area contributed by atoms with Crippen LogP contribution < -0.4 is 15.4 Å². The summed E-state index contributed by atoms with van der Waals surface area (Å²) in [5, 5.41) is 5.63. The van der Waals surface area contributed by atoms with Gasteiger partial charge in [-0.3, -0.25) is 24.1 Å². The molecule has 2 aliphatic heterocycles.